The van der Waals surface area contributed by atoms with Crippen molar-refractivity contribution in [3.8, 4) is 0 Å². The van der Waals surface area contributed by atoms with Crippen molar-refractivity contribution in [2.75, 3.05) is 0 Å². The molecule has 1 saturated heterocycles. The minimum atomic E-state index is -1.10. The van der Waals surface area contributed by atoms with Crippen LogP contribution in [0.2, 0.25) is 0 Å². The Bertz CT molecular complexity index is 187. The average Bonchev–Trinajstić information content (AvgIpc) is 2.12. The fraction of sp³-hybridized carbons (Fsp3) is 1.00. The normalized spacial score (nSPS) is 38.5. The fourth-order valence-corrected chi connectivity index (χ4v) is 1.07. The van der Waals surface area contributed by atoms with Crippen molar-refractivity contribution >= 4 is 0 Å². The third-order valence-electron chi connectivity index (χ3n) is 3.22. The Morgan fingerprint density at radius 1 is 1.00 bits per heavy atom. The first kappa shape index (κ1) is 9.92. The molecule has 4 nitrogen and oxygen atoms in total. The van der Waals surface area contributed by atoms with E-state index in [2.05, 4.69) is 4.89 Å². The largest absolute Gasteiger partial charge is 0.249 e. The molecule has 0 aliphatic carbocycles. The summed E-state index contributed by atoms with van der Waals surface area (Å²) in [7, 11) is 0. The molecule has 1 atom stereocenters. The van der Waals surface area contributed by atoms with E-state index >= 15 is 0 Å². The van der Waals surface area contributed by atoms with Crippen LogP contribution in [0.15, 0.2) is 0 Å². The number of hydrogen-bond donors (Lipinski definition) is 1. The average molecular weight is 176 g/mol. The Balaban J connectivity index is 3.00. The minimum absolute atomic E-state index is 0.422. The van der Waals surface area contributed by atoms with Crippen molar-refractivity contribution in [2.45, 2.75) is 46.0 Å². The van der Waals surface area contributed by atoms with Crippen LogP contribution >= 0.6 is 0 Å². The molecule has 0 spiro atoms. The lowest BCUT2D eigenvalue weighted by Gasteiger charge is -2.36. The van der Waals surface area contributed by atoms with Crippen molar-refractivity contribution in [3.63, 3.8) is 0 Å². The van der Waals surface area contributed by atoms with Crippen LogP contribution in [-0.4, -0.2) is 16.6 Å². The summed E-state index contributed by atoms with van der Waals surface area (Å²) in [5.74, 6) is -1.10. The van der Waals surface area contributed by atoms with Gasteiger partial charge in [0.15, 0.2) is 0 Å². The predicted molar refractivity (Wildman–Crippen MR) is 42.1 cm³/mol. The SMILES string of the molecule is CC1(C)OOC(C)(OO)C1(C)C. The van der Waals surface area contributed by atoms with Crippen LogP contribution in [0, 0.1) is 5.41 Å². The van der Waals surface area contributed by atoms with E-state index in [1.54, 1.807) is 6.92 Å². The summed E-state index contributed by atoms with van der Waals surface area (Å²) in [6.07, 6.45) is 0. The van der Waals surface area contributed by atoms with E-state index < -0.39 is 16.8 Å². The van der Waals surface area contributed by atoms with Crippen LogP contribution in [0.4, 0.5) is 0 Å². The molecule has 1 rings (SSSR count). The molecular weight excluding hydrogens is 160 g/mol. The first-order valence-electron chi connectivity index (χ1n) is 3.96. The summed E-state index contributed by atoms with van der Waals surface area (Å²) in [6.45, 7) is 9.24. The molecule has 0 aromatic heterocycles. The molecule has 0 saturated carbocycles. The van der Waals surface area contributed by atoms with Crippen LogP contribution in [-0.2, 0) is 14.7 Å². The third-order valence-corrected chi connectivity index (χ3v) is 3.22. The Labute approximate surface area is 72.3 Å². The molecule has 12 heavy (non-hydrogen) atoms. The van der Waals surface area contributed by atoms with Gasteiger partial charge in [-0.1, -0.05) is 13.8 Å². The summed E-state index contributed by atoms with van der Waals surface area (Å²) in [4.78, 5) is 14.3. The van der Waals surface area contributed by atoms with Crippen molar-refractivity contribution in [1.82, 2.24) is 0 Å². The molecule has 72 valence electrons. The van der Waals surface area contributed by atoms with Gasteiger partial charge in [-0.15, -0.1) is 0 Å². The van der Waals surface area contributed by atoms with Crippen molar-refractivity contribution in [2.24, 2.45) is 5.41 Å². The van der Waals surface area contributed by atoms with Crippen LogP contribution in [0.1, 0.15) is 34.6 Å². The molecule has 4 heteroatoms. The summed E-state index contributed by atoms with van der Waals surface area (Å²) < 4.78 is 0. The molecule has 1 heterocycles. The highest BCUT2D eigenvalue weighted by Crippen LogP contribution is 2.51. The second-order valence-corrected chi connectivity index (χ2v) is 4.34. The molecule has 1 fully saturated rings. The first-order chi connectivity index (χ1) is 5.27. The molecular formula is C8H16O4. The molecule has 0 radical (unpaired) electrons. The van der Waals surface area contributed by atoms with Gasteiger partial charge in [-0.25, -0.2) is 15.0 Å². The van der Waals surface area contributed by atoms with Crippen LogP contribution in [0.3, 0.4) is 0 Å². The van der Waals surface area contributed by atoms with E-state index in [-0.39, 0.29) is 0 Å². The van der Waals surface area contributed by atoms with Gasteiger partial charge in [-0.05, 0) is 20.8 Å². The Morgan fingerprint density at radius 2 is 1.50 bits per heavy atom. The maximum Gasteiger partial charge on any atom is 0.238 e. The predicted octanol–water partition coefficient (Wildman–Crippen LogP) is 1.96. The highest BCUT2D eigenvalue weighted by molar-refractivity contribution is 4.98. The molecule has 1 unspecified atom stereocenters. The Morgan fingerprint density at radius 3 is 1.67 bits per heavy atom. The quantitative estimate of drug-likeness (QED) is 0.490. The number of rotatable bonds is 1. The van der Waals surface area contributed by atoms with Gasteiger partial charge in [-0.3, -0.25) is 0 Å². The molecule has 0 aromatic rings. The monoisotopic (exact) mass is 176 g/mol. The zero-order valence-corrected chi connectivity index (χ0v) is 8.17. The summed E-state index contributed by atoms with van der Waals surface area (Å²) in [5.41, 5.74) is -0.904. The standard InChI is InChI=1S/C8H16O4/c1-6(2)7(3,4)11-12-8(6,5)10-9/h9H,1-5H3. The Kier molecular flexibility index (Phi) is 2.00. The van der Waals surface area contributed by atoms with Gasteiger partial charge in [0.2, 0.25) is 5.79 Å². The zero-order valence-electron chi connectivity index (χ0n) is 8.17. The smallest absolute Gasteiger partial charge is 0.238 e. The Hall–Kier alpha value is -0.160. The van der Waals surface area contributed by atoms with Crippen molar-refractivity contribution in [3.05, 3.63) is 0 Å². The van der Waals surface area contributed by atoms with E-state index in [9.17, 15) is 0 Å². The minimum Gasteiger partial charge on any atom is -0.249 e. The maximum absolute atomic E-state index is 8.69. The zero-order chi connectivity index (χ0) is 9.62. The molecule has 0 aromatic carbocycles. The first-order valence-corrected chi connectivity index (χ1v) is 3.96. The lowest BCUT2D eigenvalue weighted by Crippen LogP contribution is -2.49. The number of hydrogen-bond acceptors (Lipinski definition) is 4. The van der Waals surface area contributed by atoms with E-state index in [1.165, 1.54) is 0 Å². The molecule has 0 amide bonds. The highest BCUT2D eigenvalue weighted by Gasteiger charge is 2.62. The summed E-state index contributed by atoms with van der Waals surface area (Å²) in [6, 6.07) is 0. The van der Waals surface area contributed by atoms with Crippen LogP contribution < -0.4 is 0 Å². The molecule has 1 aliphatic rings. The molecule has 1 N–H and O–H groups in total. The van der Waals surface area contributed by atoms with Crippen molar-refractivity contribution < 1.29 is 19.9 Å². The van der Waals surface area contributed by atoms with Gasteiger partial charge in [0.25, 0.3) is 0 Å². The van der Waals surface area contributed by atoms with Gasteiger partial charge in [0.05, 0.1) is 5.41 Å². The van der Waals surface area contributed by atoms with Gasteiger partial charge in [0.1, 0.15) is 5.60 Å². The van der Waals surface area contributed by atoms with Gasteiger partial charge in [-0.2, -0.15) is 4.89 Å². The van der Waals surface area contributed by atoms with Crippen molar-refractivity contribution in [1.29, 1.82) is 0 Å². The summed E-state index contributed by atoms with van der Waals surface area (Å²) in [5, 5.41) is 8.69. The third kappa shape index (κ3) is 0.992. The maximum atomic E-state index is 8.69. The van der Waals surface area contributed by atoms with Crippen LogP contribution in [0.25, 0.3) is 0 Å². The van der Waals surface area contributed by atoms with Gasteiger partial charge >= 0.3 is 0 Å². The second kappa shape index (κ2) is 2.42. The summed E-state index contributed by atoms with van der Waals surface area (Å²) >= 11 is 0. The lowest BCUT2D eigenvalue weighted by molar-refractivity contribution is -0.473. The molecule has 0 bridgehead atoms. The topological polar surface area (TPSA) is 47.9 Å². The van der Waals surface area contributed by atoms with E-state index in [1.807, 2.05) is 27.7 Å². The van der Waals surface area contributed by atoms with Gasteiger partial charge in [0, 0.05) is 0 Å². The van der Waals surface area contributed by atoms with E-state index in [4.69, 9.17) is 15.0 Å². The molecule has 1 aliphatic heterocycles. The lowest BCUT2D eigenvalue weighted by atomic mass is 9.72. The van der Waals surface area contributed by atoms with Gasteiger partial charge < -0.3 is 0 Å². The fourth-order valence-electron chi connectivity index (χ4n) is 1.07. The van der Waals surface area contributed by atoms with Crippen LogP contribution in [0.5, 0.6) is 0 Å². The van der Waals surface area contributed by atoms with E-state index in [0.29, 0.717) is 0 Å². The van der Waals surface area contributed by atoms with E-state index in [0.717, 1.165) is 0 Å². The second-order valence-electron chi connectivity index (χ2n) is 4.34. The highest BCUT2D eigenvalue weighted by atomic mass is 17.3.